The molecule has 0 saturated heterocycles. The lowest BCUT2D eigenvalue weighted by atomic mass is 10.1. The van der Waals surface area contributed by atoms with Gasteiger partial charge in [0.1, 0.15) is 5.75 Å². The Morgan fingerprint density at radius 1 is 1.00 bits per heavy atom. The van der Waals surface area contributed by atoms with E-state index in [2.05, 4.69) is 10.6 Å². The number of nitrogens with zero attached hydrogens (tertiary/aromatic N) is 1. The van der Waals surface area contributed by atoms with E-state index in [0.29, 0.717) is 27.7 Å². The summed E-state index contributed by atoms with van der Waals surface area (Å²) in [5.41, 5.74) is 1.33. The Bertz CT molecular complexity index is 886. The molecule has 2 N–H and O–H groups in total. The Labute approximate surface area is 168 Å². The number of hydrogen-bond acceptors (Lipinski definition) is 5. The molecule has 0 spiro atoms. The van der Waals surface area contributed by atoms with Gasteiger partial charge >= 0.3 is 0 Å². The summed E-state index contributed by atoms with van der Waals surface area (Å²) < 4.78 is 5.19. The first kappa shape index (κ1) is 21.4. The number of rotatable bonds is 8. The molecule has 2 aromatic rings. The van der Waals surface area contributed by atoms with Gasteiger partial charge in [0.15, 0.2) is 5.78 Å². The van der Waals surface area contributed by atoms with Crippen molar-refractivity contribution in [1.29, 1.82) is 0 Å². The van der Waals surface area contributed by atoms with Crippen molar-refractivity contribution in [1.82, 2.24) is 4.90 Å². The number of ketones is 1. The number of carbonyl (C=O) groups excluding carboxylic acids is 3. The molecule has 8 heteroatoms. The Morgan fingerprint density at radius 3 is 2.21 bits per heavy atom. The number of halogens is 1. The quantitative estimate of drug-likeness (QED) is 0.661. The minimum absolute atomic E-state index is 0.0164. The first-order chi connectivity index (χ1) is 13.3. The summed E-state index contributed by atoms with van der Waals surface area (Å²) in [6.07, 6.45) is 0. The van der Waals surface area contributed by atoms with E-state index in [0.717, 1.165) is 0 Å². The van der Waals surface area contributed by atoms with Crippen molar-refractivity contribution in [3.63, 3.8) is 0 Å². The molecule has 2 rings (SSSR count). The largest absolute Gasteiger partial charge is 0.495 e. The number of Topliss-reactive ketones (excluding diaryl/α,β-unsaturated/α-hetero) is 1. The predicted molar refractivity (Wildman–Crippen MR) is 109 cm³/mol. The van der Waals surface area contributed by atoms with Crippen LogP contribution < -0.4 is 15.4 Å². The highest BCUT2D eigenvalue weighted by atomic mass is 35.5. The molecule has 0 unspecified atom stereocenters. The number of hydrogen-bond donors (Lipinski definition) is 2. The average molecular weight is 404 g/mol. The Hall–Kier alpha value is -2.90. The van der Waals surface area contributed by atoms with Crippen LogP contribution in [0.25, 0.3) is 0 Å². The second-order valence-corrected chi connectivity index (χ2v) is 6.65. The molecular weight excluding hydrogens is 382 g/mol. The summed E-state index contributed by atoms with van der Waals surface area (Å²) in [6, 6.07) is 11.7. The Morgan fingerprint density at radius 2 is 1.61 bits per heavy atom. The summed E-state index contributed by atoms with van der Waals surface area (Å²) in [6.45, 7) is 1.40. The summed E-state index contributed by atoms with van der Waals surface area (Å²) in [4.78, 5) is 37.7. The fourth-order valence-electron chi connectivity index (χ4n) is 2.60. The van der Waals surface area contributed by atoms with Crippen LogP contribution >= 0.6 is 11.6 Å². The van der Waals surface area contributed by atoms with Crippen molar-refractivity contribution < 1.29 is 19.1 Å². The first-order valence-corrected chi connectivity index (χ1v) is 8.89. The lowest BCUT2D eigenvalue weighted by molar-refractivity contribution is -0.119. The van der Waals surface area contributed by atoms with Crippen molar-refractivity contribution in [3.8, 4) is 5.75 Å². The molecule has 0 fully saturated rings. The van der Waals surface area contributed by atoms with Gasteiger partial charge in [0.05, 0.1) is 31.6 Å². The van der Waals surface area contributed by atoms with Crippen LogP contribution in [0.5, 0.6) is 5.75 Å². The maximum atomic E-state index is 12.3. The van der Waals surface area contributed by atoms with Crippen LogP contribution in [-0.2, 0) is 9.59 Å². The normalized spacial score (nSPS) is 10.5. The summed E-state index contributed by atoms with van der Waals surface area (Å²) in [5, 5.41) is 5.88. The van der Waals surface area contributed by atoms with Gasteiger partial charge in [-0.1, -0.05) is 23.7 Å². The van der Waals surface area contributed by atoms with E-state index in [1.807, 2.05) is 0 Å². The number of ether oxygens (including phenoxy) is 1. The van der Waals surface area contributed by atoms with E-state index in [-0.39, 0.29) is 30.7 Å². The molecule has 0 aliphatic carbocycles. The number of benzene rings is 2. The predicted octanol–water partition coefficient (Wildman–Crippen LogP) is 3.06. The zero-order valence-electron chi connectivity index (χ0n) is 15.9. The summed E-state index contributed by atoms with van der Waals surface area (Å²) in [5.74, 6) is -0.303. The summed E-state index contributed by atoms with van der Waals surface area (Å²) >= 11 is 5.95. The monoisotopic (exact) mass is 403 g/mol. The van der Waals surface area contributed by atoms with Crippen LogP contribution in [0.15, 0.2) is 42.5 Å². The Balaban J connectivity index is 1.92. The van der Waals surface area contributed by atoms with Gasteiger partial charge in [-0.25, -0.2) is 0 Å². The molecule has 0 atom stereocenters. The molecule has 148 valence electrons. The first-order valence-electron chi connectivity index (χ1n) is 8.52. The lowest BCUT2D eigenvalue weighted by Crippen LogP contribution is -2.36. The third kappa shape index (κ3) is 6.07. The van der Waals surface area contributed by atoms with Crippen molar-refractivity contribution >= 4 is 40.6 Å². The van der Waals surface area contributed by atoms with Gasteiger partial charge in [-0.3, -0.25) is 19.3 Å². The molecule has 0 saturated carbocycles. The van der Waals surface area contributed by atoms with Crippen LogP contribution in [0.3, 0.4) is 0 Å². The van der Waals surface area contributed by atoms with Gasteiger partial charge < -0.3 is 15.4 Å². The van der Waals surface area contributed by atoms with Crippen molar-refractivity contribution in [2.24, 2.45) is 0 Å². The third-order valence-corrected chi connectivity index (χ3v) is 4.08. The zero-order chi connectivity index (χ0) is 20.7. The van der Waals surface area contributed by atoms with Crippen LogP contribution in [0.4, 0.5) is 11.4 Å². The summed E-state index contributed by atoms with van der Waals surface area (Å²) in [7, 11) is 3.14. The van der Waals surface area contributed by atoms with Crippen LogP contribution in [0.2, 0.25) is 5.02 Å². The maximum Gasteiger partial charge on any atom is 0.238 e. The minimum atomic E-state index is -0.329. The maximum absolute atomic E-state index is 12.3. The molecule has 2 amide bonds. The van der Waals surface area contributed by atoms with E-state index >= 15 is 0 Å². The smallest absolute Gasteiger partial charge is 0.238 e. The van der Waals surface area contributed by atoms with Gasteiger partial charge in [0.25, 0.3) is 0 Å². The number of para-hydroxylation sites is 1. The topological polar surface area (TPSA) is 87.7 Å². The van der Waals surface area contributed by atoms with Crippen LogP contribution in [-0.4, -0.2) is 49.7 Å². The molecule has 0 aromatic heterocycles. The fraction of sp³-hybridized carbons (Fsp3) is 0.250. The number of carbonyl (C=O) groups is 3. The molecule has 0 aliphatic rings. The molecular formula is C20H22ClN3O4. The number of nitrogens with one attached hydrogen (secondary N) is 2. The molecule has 0 radical (unpaired) electrons. The number of likely N-dealkylation sites (N-methyl/N-ethyl adjacent to an activating group) is 1. The number of amides is 2. The van der Waals surface area contributed by atoms with E-state index in [1.54, 1.807) is 54.4 Å². The molecule has 2 aromatic carbocycles. The third-order valence-electron chi connectivity index (χ3n) is 3.84. The number of methoxy groups -OCH3 is 1. The molecule has 0 bridgehead atoms. The lowest BCUT2D eigenvalue weighted by Gasteiger charge is -2.17. The molecule has 28 heavy (non-hydrogen) atoms. The van der Waals surface area contributed by atoms with Crippen molar-refractivity contribution in [2.75, 3.05) is 37.9 Å². The van der Waals surface area contributed by atoms with E-state index in [4.69, 9.17) is 16.3 Å². The van der Waals surface area contributed by atoms with Gasteiger partial charge in [-0.15, -0.1) is 0 Å². The van der Waals surface area contributed by atoms with E-state index in [9.17, 15) is 14.4 Å². The molecule has 7 nitrogen and oxygen atoms in total. The second-order valence-electron chi connectivity index (χ2n) is 6.22. The number of anilines is 2. The standard InChI is InChI=1S/C20H22ClN3O4/c1-13(25)15-6-4-5-7-16(15)22-19(26)11-24(2)12-20(27)23-17-10-14(21)8-9-18(17)28-3/h4-10H,11-12H2,1-3H3,(H,22,26)(H,23,27). The Kier molecular flexibility index (Phi) is 7.54. The van der Waals surface area contributed by atoms with Gasteiger partial charge in [0, 0.05) is 10.6 Å². The van der Waals surface area contributed by atoms with Gasteiger partial charge in [-0.05, 0) is 44.3 Å². The van der Waals surface area contributed by atoms with Crippen LogP contribution in [0.1, 0.15) is 17.3 Å². The average Bonchev–Trinajstić information content (AvgIpc) is 2.61. The SMILES string of the molecule is COc1ccc(Cl)cc1NC(=O)CN(C)CC(=O)Nc1ccccc1C(C)=O. The zero-order valence-corrected chi connectivity index (χ0v) is 16.7. The highest BCUT2D eigenvalue weighted by molar-refractivity contribution is 6.31. The van der Waals surface area contributed by atoms with Crippen LogP contribution in [0, 0.1) is 0 Å². The highest BCUT2D eigenvalue weighted by Crippen LogP contribution is 2.27. The minimum Gasteiger partial charge on any atom is -0.495 e. The fourth-order valence-corrected chi connectivity index (χ4v) is 2.77. The highest BCUT2D eigenvalue weighted by Gasteiger charge is 2.15. The van der Waals surface area contributed by atoms with E-state index < -0.39 is 0 Å². The molecule has 0 heterocycles. The van der Waals surface area contributed by atoms with Crippen molar-refractivity contribution in [2.45, 2.75) is 6.92 Å². The molecule has 0 aliphatic heterocycles. The second kappa shape index (κ2) is 9.87. The van der Waals surface area contributed by atoms with Gasteiger partial charge in [-0.2, -0.15) is 0 Å². The van der Waals surface area contributed by atoms with E-state index in [1.165, 1.54) is 14.0 Å². The van der Waals surface area contributed by atoms with Crippen molar-refractivity contribution in [3.05, 3.63) is 53.1 Å². The van der Waals surface area contributed by atoms with Gasteiger partial charge in [0.2, 0.25) is 11.8 Å².